The average Bonchev–Trinajstić information content (AvgIpc) is 2.68. The molecular weight excluding hydrogens is 381 g/mol. The summed E-state index contributed by atoms with van der Waals surface area (Å²) in [6, 6.07) is 18.6. The van der Waals surface area contributed by atoms with Crippen molar-refractivity contribution in [3.63, 3.8) is 0 Å². The van der Waals surface area contributed by atoms with Crippen molar-refractivity contribution in [2.24, 2.45) is 5.10 Å². The van der Waals surface area contributed by atoms with Crippen LogP contribution in [0.1, 0.15) is 26.3 Å². The van der Waals surface area contributed by atoms with Crippen LogP contribution in [0.5, 0.6) is 0 Å². The third-order valence-corrected chi connectivity index (χ3v) is 3.95. The van der Waals surface area contributed by atoms with Gasteiger partial charge in [-0.05, 0) is 60.2 Å². The summed E-state index contributed by atoms with van der Waals surface area (Å²) < 4.78 is 13.0. The Kier molecular flexibility index (Phi) is 6.14. The Labute approximate surface area is 165 Å². The number of carbonyl (C=O) groups is 2. The lowest BCUT2D eigenvalue weighted by Crippen LogP contribution is -2.18. The third-order valence-electron chi connectivity index (χ3n) is 3.72. The van der Waals surface area contributed by atoms with Gasteiger partial charge >= 0.3 is 0 Å². The number of rotatable bonds is 5. The zero-order chi connectivity index (χ0) is 19.9. The number of hydrazone groups is 1. The van der Waals surface area contributed by atoms with Gasteiger partial charge in [-0.15, -0.1) is 0 Å². The van der Waals surface area contributed by atoms with Crippen molar-refractivity contribution in [3.8, 4) is 0 Å². The maximum absolute atomic E-state index is 13.0. The van der Waals surface area contributed by atoms with Gasteiger partial charge in [-0.25, -0.2) is 9.82 Å². The molecule has 3 aromatic carbocycles. The molecular formula is C21H15ClFN3O2. The van der Waals surface area contributed by atoms with Gasteiger partial charge in [0.25, 0.3) is 11.8 Å². The minimum atomic E-state index is -0.434. The third kappa shape index (κ3) is 5.25. The normalized spacial score (nSPS) is 10.6. The highest BCUT2D eigenvalue weighted by molar-refractivity contribution is 6.30. The molecule has 140 valence electrons. The topological polar surface area (TPSA) is 70.6 Å². The Balaban J connectivity index is 1.64. The number of nitrogens with zero attached hydrogens (tertiary/aromatic N) is 1. The van der Waals surface area contributed by atoms with Crippen LogP contribution in [0.4, 0.5) is 10.1 Å². The second-order valence-electron chi connectivity index (χ2n) is 5.80. The lowest BCUT2D eigenvalue weighted by Gasteiger charge is -2.07. The highest BCUT2D eigenvalue weighted by atomic mass is 35.5. The molecule has 3 rings (SSSR count). The largest absolute Gasteiger partial charge is 0.322 e. The number of hydrogen-bond donors (Lipinski definition) is 2. The van der Waals surface area contributed by atoms with Gasteiger partial charge in [0, 0.05) is 21.8 Å². The second-order valence-corrected chi connectivity index (χ2v) is 6.23. The first-order valence-electron chi connectivity index (χ1n) is 8.27. The molecule has 2 N–H and O–H groups in total. The Bertz CT molecular complexity index is 1040. The molecule has 0 spiro atoms. The molecule has 0 aromatic heterocycles. The van der Waals surface area contributed by atoms with Crippen LogP contribution in [0.15, 0.2) is 77.9 Å². The molecule has 0 fully saturated rings. The highest BCUT2D eigenvalue weighted by Gasteiger charge is 2.09. The monoisotopic (exact) mass is 395 g/mol. The van der Waals surface area contributed by atoms with Crippen LogP contribution < -0.4 is 10.7 Å². The SMILES string of the molecule is O=C(NN=Cc1cccc(Cl)c1)c1cccc(NC(=O)c2ccc(F)cc2)c1. The van der Waals surface area contributed by atoms with E-state index in [1.807, 2.05) is 0 Å². The summed E-state index contributed by atoms with van der Waals surface area (Å²) in [6.45, 7) is 0. The van der Waals surface area contributed by atoms with E-state index in [0.717, 1.165) is 5.56 Å². The van der Waals surface area contributed by atoms with Crippen LogP contribution in [0.2, 0.25) is 5.02 Å². The van der Waals surface area contributed by atoms with Crippen molar-refractivity contribution in [1.29, 1.82) is 0 Å². The van der Waals surface area contributed by atoms with Crippen molar-refractivity contribution < 1.29 is 14.0 Å². The molecule has 0 atom stereocenters. The van der Waals surface area contributed by atoms with Crippen LogP contribution in [0.3, 0.4) is 0 Å². The number of anilines is 1. The summed E-state index contributed by atoms with van der Waals surface area (Å²) >= 11 is 5.89. The zero-order valence-electron chi connectivity index (χ0n) is 14.5. The van der Waals surface area contributed by atoms with Gasteiger partial charge in [0.05, 0.1) is 6.21 Å². The van der Waals surface area contributed by atoms with E-state index in [2.05, 4.69) is 15.8 Å². The second kappa shape index (κ2) is 8.92. The number of amides is 2. The first-order chi connectivity index (χ1) is 13.5. The summed E-state index contributed by atoms with van der Waals surface area (Å²) in [4.78, 5) is 24.4. The van der Waals surface area contributed by atoms with Gasteiger partial charge < -0.3 is 5.32 Å². The lowest BCUT2D eigenvalue weighted by molar-refractivity contribution is 0.0953. The summed E-state index contributed by atoms with van der Waals surface area (Å²) in [5, 5.41) is 7.14. The fourth-order valence-electron chi connectivity index (χ4n) is 2.36. The summed E-state index contributed by atoms with van der Waals surface area (Å²) in [7, 11) is 0. The van der Waals surface area contributed by atoms with E-state index >= 15 is 0 Å². The molecule has 0 aliphatic carbocycles. The number of carbonyl (C=O) groups excluding carboxylic acids is 2. The van der Waals surface area contributed by atoms with Crippen LogP contribution in [-0.4, -0.2) is 18.0 Å². The van der Waals surface area contributed by atoms with E-state index in [1.54, 1.807) is 42.5 Å². The summed E-state index contributed by atoms with van der Waals surface area (Å²) in [5.74, 6) is -1.26. The quantitative estimate of drug-likeness (QED) is 0.493. The van der Waals surface area contributed by atoms with E-state index in [9.17, 15) is 14.0 Å². The minimum absolute atomic E-state index is 0.308. The summed E-state index contributed by atoms with van der Waals surface area (Å²) in [5.41, 5.74) is 4.22. The fraction of sp³-hybridized carbons (Fsp3) is 0. The van der Waals surface area contributed by atoms with Gasteiger partial charge in [-0.2, -0.15) is 5.10 Å². The standard InChI is InChI=1S/C21H15ClFN3O2/c22-17-5-1-3-14(11-17)13-24-26-21(28)16-4-2-6-19(12-16)25-20(27)15-7-9-18(23)10-8-15/h1-13H,(H,25,27)(H,26,28). The Morgan fingerprint density at radius 1 is 0.893 bits per heavy atom. The van der Waals surface area contributed by atoms with Crippen molar-refractivity contribution >= 4 is 35.3 Å². The van der Waals surface area contributed by atoms with E-state index < -0.39 is 17.6 Å². The molecule has 0 saturated heterocycles. The average molecular weight is 396 g/mol. The molecule has 0 saturated carbocycles. The smallest absolute Gasteiger partial charge is 0.271 e. The van der Waals surface area contributed by atoms with Crippen molar-refractivity contribution in [2.45, 2.75) is 0 Å². The predicted molar refractivity (Wildman–Crippen MR) is 107 cm³/mol. The first kappa shape index (κ1) is 19.3. The summed E-state index contributed by atoms with van der Waals surface area (Å²) in [6.07, 6.45) is 1.48. The Morgan fingerprint density at radius 2 is 1.64 bits per heavy atom. The molecule has 0 radical (unpaired) electrons. The van der Waals surface area contributed by atoms with Crippen molar-refractivity contribution in [2.75, 3.05) is 5.32 Å². The lowest BCUT2D eigenvalue weighted by atomic mass is 10.1. The van der Waals surface area contributed by atoms with E-state index in [-0.39, 0.29) is 0 Å². The molecule has 0 bridgehead atoms. The number of halogens is 2. The van der Waals surface area contributed by atoms with E-state index in [0.29, 0.717) is 21.8 Å². The van der Waals surface area contributed by atoms with Crippen LogP contribution in [-0.2, 0) is 0 Å². The van der Waals surface area contributed by atoms with Crippen molar-refractivity contribution in [3.05, 3.63) is 100 Å². The zero-order valence-corrected chi connectivity index (χ0v) is 15.3. The first-order valence-corrected chi connectivity index (χ1v) is 8.65. The molecule has 3 aromatic rings. The number of benzene rings is 3. The Morgan fingerprint density at radius 3 is 2.39 bits per heavy atom. The fourth-order valence-corrected chi connectivity index (χ4v) is 2.56. The highest BCUT2D eigenvalue weighted by Crippen LogP contribution is 2.13. The maximum Gasteiger partial charge on any atom is 0.271 e. The molecule has 0 aliphatic heterocycles. The molecule has 28 heavy (non-hydrogen) atoms. The van der Waals surface area contributed by atoms with E-state index in [4.69, 9.17) is 11.6 Å². The van der Waals surface area contributed by atoms with Gasteiger partial charge in [-0.3, -0.25) is 9.59 Å². The van der Waals surface area contributed by atoms with Gasteiger partial charge in [-0.1, -0.05) is 29.8 Å². The molecule has 0 aliphatic rings. The van der Waals surface area contributed by atoms with Crippen LogP contribution in [0, 0.1) is 5.82 Å². The van der Waals surface area contributed by atoms with E-state index in [1.165, 1.54) is 36.5 Å². The molecule has 5 nitrogen and oxygen atoms in total. The maximum atomic E-state index is 13.0. The minimum Gasteiger partial charge on any atom is -0.322 e. The number of hydrogen-bond acceptors (Lipinski definition) is 3. The van der Waals surface area contributed by atoms with Gasteiger partial charge in [0.1, 0.15) is 5.82 Å². The van der Waals surface area contributed by atoms with Crippen LogP contribution >= 0.6 is 11.6 Å². The van der Waals surface area contributed by atoms with Gasteiger partial charge in [0.2, 0.25) is 0 Å². The van der Waals surface area contributed by atoms with Crippen LogP contribution in [0.25, 0.3) is 0 Å². The molecule has 7 heteroatoms. The molecule has 2 amide bonds. The molecule has 0 heterocycles. The molecule has 0 unspecified atom stereocenters. The predicted octanol–water partition coefficient (Wildman–Crippen LogP) is 4.50. The number of nitrogens with one attached hydrogen (secondary N) is 2. The Hall–Kier alpha value is -3.51. The van der Waals surface area contributed by atoms with Gasteiger partial charge in [0.15, 0.2) is 0 Å². The van der Waals surface area contributed by atoms with Crippen molar-refractivity contribution in [1.82, 2.24) is 5.43 Å².